The summed E-state index contributed by atoms with van der Waals surface area (Å²) in [4.78, 5) is 0. The van der Waals surface area contributed by atoms with Gasteiger partial charge < -0.3 is 5.32 Å². The van der Waals surface area contributed by atoms with E-state index >= 15 is 0 Å². The molecule has 0 saturated heterocycles. The Labute approximate surface area is 105 Å². The average Bonchev–Trinajstić information content (AvgIpc) is 2.32. The van der Waals surface area contributed by atoms with Crippen LogP contribution in [0, 0.1) is 0 Å². The van der Waals surface area contributed by atoms with E-state index in [1.807, 2.05) is 12.1 Å². The monoisotopic (exact) mass is 253 g/mol. The molecule has 88 valence electrons. The topological polar surface area (TPSA) is 12.0 Å². The molecule has 16 heavy (non-hydrogen) atoms. The average molecular weight is 254 g/mol. The molecule has 0 aliphatic carbocycles. The highest BCUT2D eigenvalue weighted by molar-refractivity contribution is 6.60. The van der Waals surface area contributed by atoms with Gasteiger partial charge in [0.25, 0.3) is 0 Å². The molecule has 1 aliphatic heterocycles. The Morgan fingerprint density at radius 1 is 1.38 bits per heavy atom. The largest absolute Gasteiger partial charge is 0.385 e. The maximum Gasteiger partial charge on any atom is 0.0458 e. The van der Waals surface area contributed by atoms with Crippen molar-refractivity contribution in [1.29, 1.82) is 0 Å². The van der Waals surface area contributed by atoms with E-state index in [1.165, 1.54) is 29.8 Å². The van der Waals surface area contributed by atoms with Crippen LogP contribution >= 0.6 is 11.6 Å². The molecule has 0 radical (unpaired) electrons. The van der Waals surface area contributed by atoms with Crippen LogP contribution in [0.25, 0.3) is 0 Å². The summed E-state index contributed by atoms with van der Waals surface area (Å²) in [5.74, 6) is 0. The number of anilines is 1. The van der Waals surface area contributed by atoms with Crippen molar-refractivity contribution in [3.8, 4) is 0 Å². The molecule has 1 aromatic rings. The van der Waals surface area contributed by atoms with E-state index in [0.29, 0.717) is 0 Å². The Kier molecular flexibility index (Phi) is 3.93. The molecule has 2 rings (SSSR count). The highest BCUT2D eigenvalue weighted by atomic mass is 35.5. The Morgan fingerprint density at radius 3 is 2.81 bits per heavy atom. The Hall–Kier alpha value is -0.473. The Morgan fingerprint density at radius 2 is 2.12 bits per heavy atom. The minimum Gasteiger partial charge on any atom is -0.385 e. The zero-order valence-corrected chi connectivity index (χ0v) is 12.0. The second-order valence-electron chi connectivity index (χ2n) is 4.69. The third kappa shape index (κ3) is 2.28. The van der Waals surface area contributed by atoms with Crippen LogP contribution in [0.4, 0.5) is 5.69 Å². The third-order valence-corrected chi connectivity index (χ3v) is 8.11. The van der Waals surface area contributed by atoms with Gasteiger partial charge in [0.2, 0.25) is 0 Å². The molecule has 1 aromatic carbocycles. The summed E-state index contributed by atoms with van der Waals surface area (Å²) in [6.45, 7) is 5.86. The van der Waals surface area contributed by atoms with Gasteiger partial charge in [-0.05, 0) is 29.7 Å². The fourth-order valence-corrected chi connectivity index (χ4v) is 5.98. The van der Waals surface area contributed by atoms with Gasteiger partial charge in [0.1, 0.15) is 0 Å². The van der Waals surface area contributed by atoms with Gasteiger partial charge in [0.15, 0.2) is 0 Å². The number of halogens is 1. The molecule has 0 unspecified atom stereocenters. The molecule has 0 bridgehead atoms. The van der Waals surface area contributed by atoms with Gasteiger partial charge in [0.05, 0.1) is 0 Å². The lowest BCUT2D eigenvalue weighted by Crippen LogP contribution is -2.30. The first-order valence-electron chi connectivity index (χ1n) is 6.27. The second kappa shape index (κ2) is 5.24. The van der Waals surface area contributed by atoms with Crippen LogP contribution in [0.3, 0.4) is 0 Å². The maximum atomic E-state index is 6.27. The van der Waals surface area contributed by atoms with Crippen LogP contribution in [0.2, 0.25) is 22.7 Å². The lowest BCUT2D eigenvalue weighted by atomic mass is 10.0. The van der Waals surface area contributed by atoms with Gasteiger partial charge >= 0.3 is 0 Å². The van der Waals surface area contributed by atoms with Crippen molar-refractivity contribution >= 4 is 26.1 Å². The van der Waals surface area contributed by atoms with E-state index in [0.717, 1.165) is 17.1 Å². The Bertz CT molecular complexity index is 363. The van der Waals surface area contributed by atoms with Crippen molar-refractivity contribution in [1.82, 2.24) is 0 Å². The van der Waals surface area contributed by atoms with E-state index in [2.05, 4.69) is 25.2 Å². The molecule has 1 nitrogen and oxygen atoms in total. The normalized spacial score (nSPS) is 19.4. The highest BCUT2D eigenvalue weighted by Gasteiger charge is 2.25. The third-order valence-electron chi connectivity index (χ3n) is 3.86. The molecule has 0 aromatic heterocycles. The van der Waals surface area contributed by atoms with Crippen molar-refractivity contribution < 1.29 is 0 Å². The SMILES string of the molecule is CC[SiH](CC)[C@H]1CNc2cccc(Cl)c2C1. The molecule has 0 amide bonds. The van der Waals surface area contributed by atoms with Crippen LogP contribution in [0.15, 0.2) is 18.2 Å². The smallest absolute Gasteiger partial charge is 0.0458 e. The number of rotatable bonds is 3. The number of hydrogen-bond acceptors (Lipinski definition) is 1. The van der Waals surface area contributed by atoms with E-state index in [-0.39, 0.29) is 0 Å². The summed E-state index contributed by atoms with van der Waals surface area (Å²) in [5.41, 5.74) is 3.48. The van der Waals surface area contributed by atoms with Crippen LogP contribution in [-0.4, -0.2) is 15.3 Å². The van der Waals surface area contributed by atoms with Crippen molar-refractivity contribution in [3.05, 3.63) is 28.8 Å². The van der Waals surface area contributed by atoms with Crippen molar-refractivity contribution in [2.75, 3.05) is 11.9 Å². The standard InChI is InChI=1S/C13H20ClNSi/c1-3-16(4-2)10-8-11-12(14)6-5-7-13(11)15-9-10/h5-7,10,15-16H,3-4,8-9H2,1-2H3/t10-/m1/s1. The quantitative estimate of drug-likeness (QED) is 0.805. The van der Waals surface area contributed by atoms with Crippen molar-refractivity contribution in [2.24, 2.45) is 0 Å². The van der Waals surface area contributed by atoms with Crippen molar-refractivity contribution in [3.63, 3.8) is 0 Å². The second-order valence-corrected chi connectivity index (χ2v) is 9.19. The lowest BCUT2D eigenvalue weighted by molar-refractivity contribution is 0.796. The van der Waals surface area contributed by atoms with Gasteiger partial charge in [-0.2, -0.15) is 0 Å². The first kappa shape index (κ1) is 12.0. The van der Waals surface area contributed by atoms with Crippen LogP contribution in [0.1, 0.15) is 19.4 Å². The zero-order valence-electron chi connectivity index (χ0n) is 10.1. The molecule has 3 heteroatoms. The molecular weight excluding hydrogens is 234 g/mol. The summed E-state index contributed by atoms with van der Waals surface area (Å²) in [6.07, 6.45) is 1.20. The minimum atomic E-state index is -0.574. The Balaban J connectivity index is 2.19. The zero-order chi connectivity index (χ0) is 11.5. The maximum absolute atomic E-state index is 6.27. The van der Waals surface area contributed by atoms with Crippen LogP contribution in [0.5, 0.6) is 0 Å². The number of benzene rings is 1. The van der Waals surface area contributed by atoms with Gasteiger partial charge in [-0.25, -0.2) is 0 Å². The lowest BCUT2D eigenvalue weighted by Gasteiger charge is -2.31. The summed E-state index contributed by atoms with van der Waals surface area (Å²) in [7, 11) is -0.574. The van der Waals surface area contributed by atoms with E-state index in [4.69, 9.17) is 11.6 Å². The summed E-state index contributed by atoms with van der Waals surface area (Å²) >= 11 is 6.27. The number of fused-ring (bicyclic) bond motifs is 1. The number of hydrogen-bond donors (Lipinski definition) is 1. The van der Waals surface area contributed by atoms with Crippen molar-refractivity contribution in [2.45, 2.75) is 37.9 Å². The molecule has 1 atom stereocenters. The summed E-state index contributed by atoms with van der Waals surface area (Å²) < 4.78 is 0. The predicted octanol–water partition coefficient (Wildman–Crippen LogP) is 3.95. The fraction of sp³-hybridized carbons (Fsp3) is 0.538. The molecule has 0 saturated carbocycles. The molecular formula is C13H20ClNSi. The van der Waals surface area contributed by atoms with E-state index in [9.17, 15) is 0 Å². The first-order valence-corrected chi connectivity index (χ1v) is 8.95. The van der Waals surface area contributed by atoms with E-state index in [1.54, 1.807) is 0 Å². The van der Waals surface area contributed by atoms with Gasteiger partial charge in [-0.3, -0.25) is 0 Å². The summed E-state index contributed by atoms with van der Waals surface area (Å²) in [6, 6.07) is 9.00. The predicted molar refractivity (Wildman–Crippen MR) is 75.5 cm³/mol. The number of nitrogens with one attached hydrogen (secondary N) is 1. The first-order chi connectivity index (χ1) is 7.76. The minimum absolute atomic E-state index is 0.574. The molecule has 1 N–H and O–H groups in total. The van der Waals surface area contributed by atoms with Crippen LogP contribution in [-0.2, 0) is 6.42 Å². The van der Waals surface area contributed by atoms with Gasteiger partial charge in [0, 0.05) is 26.1 Å². The molecule has 1 aliphatic rings. The van der Waals surface area contributed by atoms with E-state index < -0.39 is 8.80 Å². The molecule has 0 spiro atoms. The molecule has 0 fully saturated rings. The molecule has 1 heterocycles. The highest BCUT2D eigenvalue weighted by Crippen LogP contribution is 2.35. The van der Waals surface area contributed by atoms with Gasteiger partial charge in [-0.1, -0.05) is 43.6 Å². The van der Waals surface area contributed by atoms with Crippen LogP contribution < -0.4 is 5.32 Å². The van der Waals surface area contributed by atoms with Gasteiger partial charge in [-0.15, -0.1) is 0 Å². The fourth-order valence-electron chi connectivity index (χ4n) is 2.80. The summed E-state index contributed by atoms with van der Waals surface area (Å²) in [5, 5.41) is 4.49.